The van der Waals surface area contributed by atoms with Gasteiger partial charge in [-0.05, 0) is 54.8 Å². The number of ketones is 2. The highest BCUT2D eigenvalue weighted by Gasteiger charge is 2.82. The molecule has 0 N–H and O–H groups in total. The average molecular weight is 310 g/mol. The maximum Gasteiger partial charge on any atom is 0.140 e. The molecule has 23 heavy (non-hydrogen) atoms. The lowest BCUT2D eigenvalue weighted by atomic mass is 9.74. The van der Waals surface area contributed by atoms with E-state index in [0.717, 1.165) is 12.8 Å². The summed E-state index contributed by atoms with van der Waals surface area (Å²) in [6, 6.07) is 0. The molecule has 5 aliphatic rings. The van der Waals surface area contributed by atoms with Crippen LogP contribution in [0.5, 0.6) is 0 Å². The van der Waals surface area contributed by atoms with E-state index in [0.29, 0.717) is 40.7 Å². The van der Waals surface area contributed by atoms with Gasteiger partial charge in [0.25, 0.3) is 0 Å². The Kier molecular flexibility index (Phi) is 2.75. The highest BCUT2D eigenvalue weighted by atomic mass is 16.1. The standard InChI is InChI=1S/C21H26O2/c1-3-7-11-13-14-12(8-4-2)20(23)16-15(19(11)22)17(13)21(18(14)16)9-5-6-10-21/h3-4,11-18H,1-2,5-10H2. The van der Waals surface area contributed by atoms with Crippen LogP contribution < -0.4 is 0 Å². The molecule has 0 heterocycles. The number of carbonyl (C=O) groups excluding carboxylic acids is 2. The number of hydrogen-bond donors (Lipinski definition) is 0. The van der Waals surface area contributed by atoms with E-state index in [1.54, 1.807) is 0 Å². The summed E-state index contributed by atoms with van der Waals surface area (Å²) in [5, 5.41) is 0. The first-order chi connectivity index (χ1) is 11.2. The van der Waals surface area contributed by atoms with Crippen molar-refractivity contribution in [3.05, 3.63) is 25.3 Å². The molecule has 122 valence electrons. The van der Waals surface area contributed by atoms with Crippen molar-refractivity contribution < 1.29 is 9.59 Å². The van der Waals surface area contributed by atoms with Gasteiger partial charge in [0.1, 0.15) is 11.6 Å². The van der Waals surface area contributed by atoms with Gasteiger partial charge >= 0.3 is 0 Å². The second-order valence-corrected chi connectivity index (χ2v) is 8.76. The van der Waals surface area contributed by atoms with Crippen LogP contribution in [0.15, 0.2) is 25.3 Å². The van der Waals surface area contributed by atoms with Gasteiger partial charge in [0, 0.05) is 23.7 Å². The number of hydrogen-bond acceptors (Lipinski definition) is 2. The number of carbonyl (C=O) groups is 2. The third-order valence-electron chi connectivity index (χ3n) is 8.46. The van der Waals surface area contributed by atoms with Crippen LogP contribution in [0.3, 0.4) is 0 Å². The quantitative estimate of drug-likeness (QED) is 0.740. The molecule has 5 aliphatic carbocycles. The molecular formula is C21H26O2. The van der Waals surface area contributed by atoms with Gasteiger partial charge in [0.05, 0.1) is 0 Å². The molecule has 2 bridgehead atoms. The first kappa shape index (κ1) is 14.2. The zero-order valence-electron chi connectivity index (χ0n) is 13.7. The van der Waals surface area contributed by atoms with Crippen LogP contribution in [0.1, 0.15) is 38.5 Å². The molecule has 0 saturated heterocycles. The van der Waals surface area contributed by atoms with Gasteiger partial charge in [-0.1, -0.05) is 25.0 Å². The van der Waals surface area contributed by atoms with E-state index in [4.69, 9.17) is 0 Å². The van der Waals surface area contributed by atoms with Crippen molar-refractivity contribution in [1.82, 2.24) is 0 Å². The molecule has 0 aromatic carbocycles. The van der Waals surface area contributed by atoms with Crippen molar-refractivity contribution >= 4 is 11.6 Å². The molecule has 5 rings (SSSR count). The number of allylic oxidation sites excluding steroid dienone is 2. The van der Waals surface area contributed by atoms with Crippen molar-refractivity contribution in [2.24, 2.45) is 52.8 Å². The second kappa shape index (κ2) is 4.46. The lowest BCUT2D eigenvalue weighted by molar-refractivity contribution is -0.132. The lowest BCUT2D eigenvalue weighted by Crippen LogP contribution is -2.28. The number of rotatable bonds is 4. The third kappa shape index (κ3) is 1.35. The molecule has 0 aromatic rings. The summed E-state index contributed by atoms with van der Waals surface area (Å²) >= 11 is 0. The highest BCUT2D eigenvalue weighted by Crippen LogP contribution is 2.81. The van der Waals surface area contributed by atoms with Crippen LogP contribution >= 0.6 is 0 Å². The van der Waals surface area contributed by atoms with E-state index in [1.165, 1.54) is 25.7 Å². The molecule has 2 nitrogen and oxygen atoms in total. The predicted molar refractivity (Wildman–Crippen MR) is 88.5 cm³/mol. The minimum absolute atomic E-state index is 0.0617. The topological polar surface area (TPSA) is 34.1 Å². The fourth-order valence-electron chi connectivity index (χ4n) is 8.33. The largest absolute Gasteiger partial charge is 0.299 e. The second-order valence-electron chi connectivity index (χ2n) is 8.76. The molecule has 5 saturated carbocycles. The van der Waals surface area contributed by atoms with Crippen LogP contribution in [0.4, 0.5) is 0 Å². The van der Waals surface area contributed by atoms with Crippen molar-refractivity contribution in [1.29, 1.82) is 0 Å². The van der Waals surface area contributed by atoms with E-state index in [2.05, 4.69) is 13.2 Å². The number of Topliss-reactive ketones (excluding diaryl/α,β-unsaturated/α-hetero) is 2. The molecule has 0 radical (unpaired) electrons. The molecule has 8 unspecified atom stereocenters. The maximum atomic E-state index is 13.1. The molecule has 0 aromatic heterocycles. The molecule has 8 atom stereocenters. The zero-order chi connectivity index (χ0) is 15.9. The summed E-state index contributed by atoms with van der Waals surface area (Å²) in [5.74, 6) is 3.22. The monoisotopic (exact) mass is 310 g/mol. The summed E-state index contributed by atoms with van der Waals surface area (Å²) in [6.07, 6.45) is 10.6. The van der Waals surface area contributed by atoms with Gasteiger partial charge in [-0.25, -0.2) is 0 Å². The fraction of sp³-hybridized carbons (Fsp3) is 0.714. The molecule has 0 amide bonds. The van der Waals surface area contributed by atoms with Crippen molar-refractivity contribution in [3.63, 3.8) is 0 Å². The predicted octanol–water partition coefficient (Wildman–Crippen LogP) is 3.82. The summed E-state index contributed by atoms with van der Waals surface area (Å²) in [7, 11) is 0. The Balaban J connectivity index is 1.67. The van der Waals surface area contributed by atoms with Crippen molar-refractivity contribution in [2.45, 2.75) is 38.5 Å². The van der Waals surface area contributed by atoms with Crippen molar-refractivity contribution in [3.8, 4) is 0 Å². The Morgan fingerprint density at radius 3 is 1.70 bits per heavy atom. The average Bonchev–Trinajstić information content (AvgIpc) is 3.28. The first-order valence-electron chi connectivity index (χ1n) is 9.46. The lowest BCUT2D eigenvalue weighted by Gasteiger charge is -2.30. The molecule has 2 heteroatoms. The van der Waals surface area contributed by atoms with Crippen LogP contribution in [0.25, 0.3) is 0 Å². The Labute approximate surface area is 138 Å². The van der Waals surface area contributed by atoms with E-state index in [9.17, 15) is 9.59 Å². The van der Waals surface area contributed by atoms with Crippen LogP contribution in [0, 0.1) is 52.8 Å². The first-order valence-corrected chi connectivity index (χ1v) is 9.46. The van der Waals surface area contributed by atoms with Crippen LogP contribution in [0.2, 0.25) is 0 Å². The Morgan fingerprint density at radius 2 is 1.30 bits per heavy atom. The molecule has 1 spiro atoms. The summed E-state index contributed by atoms with van der Waals surface area (Å²) in [4.78, 5) is 26.3. The Bertz CT molecular complexity index is 563. The van der Waals surface area contributed by atoms with Crippen LogP contribution in [-0.4, -0.2) is 11.6 Å². The molecule has 5 fully saturated rings. The normalized spacial score (nSPS) is 51.1. The summed E-state index contributed by atoms with van der Waals surface area (Å²) in [5.41, 5.74) is 0.335. The zero-order valence-corrected chi connectivity index (χ0v) is 13.7. The van der Waals surface area contributed by atoms with Gasteiger partial charge in [0.15, 0.2) is 0 Å². The third-order valence-corrected chi connectivity index (χ3v) is 8.46. The van der Waals surface area contributed by atoms with Gasteiger partial charge in [0.2, 0.25) is 0 Å². The fourth-order valence-corrected chi connectivity index (χ4v) is 8.33. The Hall–Kier alpha value is -1.18. The van der Waals surface area contributed by atoms with E-state index in [-0.39, 0.29) is 23.7 Å². The smallest absolute Gasteiger partial charge is 0.140 e. The van der Waals surface area contributed by atoms with E-state index >= 15 is 0 Å². The highest BCUT2D eigenvalue weighted by molar-refractivity contribution is 5.99. The maximum absolute atomic E-state index is 13.1. The number of fused-ring (bicyclic) bond motifs is 2. The SMILES string of the molecule is C=CCC1C(=O)C2C3C(=O)C(CC=C)C4C1C2C1(CCCC1)C34. The van der Waals surface area contributed by atoms with Gasteiger partial charge in [-0.15, -0.1) is 13.2 Å². The van der Waals surface area contributed by atoms with Gasteiger partial charge in [-0.2, -0.15) is 0 Å². The van der Waals surface area contributed by atoms with E-state index < -0.39 is 0 Å². The van der Waals surface area contributed by atoms with Crippen molar-refractivity contribution in [2.75, 3.05) is 0 Å². The minimum Gasteiger partial charge on any atom is -0.299 e. The van der Waals surface area contributed by atoms with E-state index in [1.807, 2.05) is 12.2 Å². The van der Waals surface area contributed by atoms with Gasteiger partial charge < -0.3 is 0 Å². The summed E-state index contributed by atoms with van der Waals surface area (Å²) < 4.78 is 0. The molecule has 0 aliphatic heterocycles. The van der Waals surface area contributed by atoms with Gasteiger partial charge in [-0.3, -0.25) is 9.59 Å². The summed E-state index contributed by atoms with van der Waals surface area (Å²) in [6.45, 7) is 7.80. The van der Waals surface area contributed by atoms with Crippen LogP contribution in [-0.2, 0) is 9.59 Å². The minimum atomic E-state index is 0.0617. The molecular weight excluding hydrogens is 284 g/mol. The Morgan fingerprint density at radius 1 is 0.870 bits per heavy atom.